The number of rotatable bonds is 2. The highest BCUT2D eigenvalue weighted by molar-refractivity contribution is 5.52. The number of pyridine rings is 1. The third kappa shape index (κ3) is 3.15. The Balaban J connectivity index is 3.39. The Morgan fingerprint density at radius 2 is 1.72 bits per heavy atom. The highest BCUT2D eigenvalue weighted by Crippen LogP contribution is 2.39. The molecule has 0 aliphatic carbocycles. The Morgan fingerprint density at radius 1 is 1.17 bits per heavy atom. The van der Waals surface area contributed by atoms with Crippen LogP contribution < -0.4 is 16.2 Å². The van der Waals surface area contributed by atoms with Crippen molar-refractivity contribution in [2.75, 3.05) is 5.73 Å². The van der Waals surface area contributed by atoms with Gasteiger partial charge in [0.1, 0.15) is 11.4 Å². The molecule has 4 N–H and O–H groups in total. The molecule has 0 saturated carbocycles. The Labute approximate surface area is 96.5 Å². The van der Waals surface area contributed by atoms with E-state index in [2.05, 4.69) is 9.72 Å². The normalized spacial score (nSPS) is 12.6. The van der Waals surface area contributed by atoms with Crippen LogP contribution in [0.25, 0.3) is 0 Å². The van der Waals surface area contributed by atoms with E-state index >= 15 is 0 Å². The van der Waals surface area contributed by atoms with Crippen LogP contribution in [0.2, 0.25) is 0 Å². The van der Waals surface area contributed by atoms with Crippen molar-refractivity contribution in [1.82, 2.24) is 4.98 Å². The highest BCUT2D eigenvalue weighted by atomic mass is 19.4. The van der Waals surface area contributed by atoms with Gasteiger partial charge in [-0.1, -0.05) is 0 Å². The molecule has 1 heterocycles. The zero-order chi connectivity index (χ0) is 14.1. The SMILES string of the molecule is NCc1c(OC(F)(F)F)cnc(N)c1C(F)(F)F. The van der Waals surface area contributed by atoms with Gasteiger partial charge in [0.15, 0.2) is 5.75 Å². The largest absolute Gasteiger partial charge is 0.573 e. The third-order valence-electron chi connectivity index (χ3n) is 1.89. The smallest absolute Gasteiger partial charge is 0.404 e. The molecule has 0 aliphatic heterocycles. The van der Waals surface area contributed by atoms with Crippen molar-refractivity contribution in [3.63, 3.8) is 0 Å². The van der Waals surface area contributed by atoms with Gasteiger partial charge in [0.25, 0.3) is 0 Å². The molecule has 0 aliphatic rings. The van der Waals surface area contributed by atoms with Crippen LogP contribution in [0.1, 0.15) is 11.1 Å². The van der Waals surface area contributed by atoms with Gasteiger partial charge < -0.3 is 16.2 Å². The number of ether oxygens (including phenoxy) is 1. The van der Waals surface area contributed by atoms with Crippen LogP contribution in [-0.2, 0) is 12.7 Å². The molecule has 1 rings (SSSR count). The van der Waals surface area contributed by atoms with Crippen molar-refractivity contribution in [1.29, 1.82) is 0 Å². The van der Waals surface area contributed by atoms with E-state index in [4.69, 9.17) is 11.5 Å². The molecule has 18 heavy (non-hydrogen) atoms. The molecule has 0 amide bonds. The summed E-state index contributed by atoms with van der Waals surface area (Å²) in [6, 6.07) is 0. The average Bonchev–Trinajstić information content (AvgIpc) is 2.16. The van der Waals surface area contributed by atoms with Crippen LogP contribution in [0.15, 0.2) is 6.20 Å². The van der Waals surface area contributed by atoms with Crippen molar-refractivity contribution in [3.8, 4) is 5.75 Å². The van der Waals surface area contributed by atoms with Crippen molar-refractivity contribution in [2.45, 2.75) is 19.1 Å². The Bertz CT molecular complexity index is 442. The summed E-state index contributed by atoms with van der Waals surface area (Å²) in [5.41, 5.74) is 7.58. The lowest BCUT2D eigenvalue weighted by atomic mass is 10.1. The second kappa shape index (κ2) is 4.52. The standard InChI is InChI=1S/C8H7F6N3O/c9-7(10,11)5-3(1-15)4(2-17-6(5)16)18-8(12,13)14/h2H,1,15H2,(H2,16,17). The fraction of sp³-hybridized carbons (Fsp3) is 0.375. The van der Waals surface area contributed by atoms with Gasteiger partial charge in [0.05, 0.1) is 6.20 Å². The number of hydrogen-bond acceptors (Lipinski definition) is 4. The molecule has 1 aromatic rings. The summed E-state index contributed by atoms with van der Waals surface area (Å²) >= 11 is 0. The molecule has 102 valence electrons. The molecule has 0 fully saturated rings. The number of hydrogen-bond donors (Lipinski definition) is 2. The lowest BCUT2D eigenvalue weighted by Crippen LogP contribution is -2.22. The Morgan fingerprint density at radius 3 is 2.11 bits per heavy atom. The first-order chi connectivity index (χ1) is 8.06. The molecule has 4 nitrogen and oxygen atoms in total. The molecular formula is C8H7F6N3O. The second-order valence-corrected chi connectivity index (χ2v) is 3.11. The summed E-state index contributed by atoms with van der Waals surface area (Å²) < 4.78 is 77.2. The lowest BCUT2D eigenvalue weighted by Gasteiger charge is -2.18. The Kier molecular flexibility index (Phi) is 3.60. The zero-order valence-corrected chi connectivity index (χ0v) is 8.56. The van der Waals surface area contributed by atoms with Crippen LogP contribution in [0.5, 0.6) is 5.75 Å². The average molecular weight is 275 g/mol. The van der Waals surface area contributed by atoms with E-state index in [-0.39, 0.29) is 0 Å². The summed E-state index contributed by atoms with van der Waals surface area (Å²) in [6.07, 6.45) is -9.68. The van der Waals surface area contributed by atoms with E-state index in [1.54, 1.807) is 0 Å². The van der Waals surface area contributed by atoms with Crippen LogP contribution in [-0.4, -0.2) is 11.3 Å². The van der Waals surface area contributed by atoms with Crippen LogP contribution in [0.3, 0.4) is 0 Å². The number of aromatic nitrogens is 1. The molecule has 0 radical (unpaired) electrons. The number of halogens is 6. The molecule has 0 aromatic carbocycles. The molecular weight excluding hydrogens is 268 g/mol. The molecule has 0 saturated heterocycles. The number of nitrogens with zero attached hydrogens (tertiary/aromatic N) is 1. The first kappa shape index (κ1) is 14.4. The molecule has 0 bridgehead atoms. The fourth-order valence-corrected chi connectivity index (χ4v) is 1.28. The molecule has 0 atom stereocenters. The lowest BCUT2D eigenvalue weighted by molar-refractivity contribution is -0.275. The molecule has 1 aromatic heterocycles. The van der Waals surface area contributed by atoms with Crippen LogP contribution in [0.4, 0.5) is 32.2 Å². The number of anilines is 1. The maximum absolute atomic E-state index is 12.6. The molecule has 0 spiro atoms. The predicted molar refractivity (Wildman–Crippen MR) is 48.2 cm³/mol. The summed E-state index contributed by atoms with van der Waals surface area (Å²) in [7, 11) is 0. The van der Waals surface area contributed by atoms with Crippen molar-refractivity contribution in [3.05, 3.63) is 17.3 Å². The van der Waals surface area contributed by atoms with Crippen molar-refractivity contribution in [2.24, 2.45) is 5.73 Å². The topological polar surface area (TPSA) is 74.2 Å². The van der Waals surface area contributed by atoms with E-state index in [9.17, 15) is 26.3 Å². The summed E-state index contributed by atoms with van der Waals surface area (Å²) in [5, 5.41) is 0. The van der Waals surface area contributed by atoms with Crippen LogP contribution >= 0.6 is 0 Å². The maximum Gasteiger partial charge on any atom is 0.573 e. The number of nitrogen functional groups attached to an aromatic ring is 1. The zero-order valence-electron chi connectivity index (χ0n) is 8.56. The molecule has 0 unspecified atom stereocenters. The van der Waals surface area contributed by atoms with Crippen molar-refractivity contribution >= 4 is 5.82 Å². The van der Waals surface area contributed by atoms with Gasteiger partial charge in [0, 0.05) is 12.1 Å². The fourth-order valence-electron chi connectivity index (χ4n) is 1.28. The summed E-state index contributed by atoms with van der Waals surface area (Å²) in [6.45, 7) is -0.826. The van der Waals surface area contributed by atoms with Gasteiger partial charge in [-0.05, 0) is 0 Å². The van der Waals surface area contributed by atoms with Gasteiger partial charge in [-0.2, -0.15) is 13.2 Å². The van der Waals surface area contributed by atoms with Gasteiger partial charge in [-0.25, -0.2) is 4.98 Å². The minimum atomic E-state index is -5.15. The summed E-state index contributed by atoms with van der Waals surface area (Å²) in [4.78, 5) is 3.02. The van der Waals surface area contributed by atoms with E-state index < -0.39 is 41.8 Å². The minimum absolute atomic E-state index is 0.445. The number of alkyl halides is 6. The van der Waals surface area contributed by atoms with E-state index in [0.29, 0.717) is 6.20 Å². The van der Waals surface area contributed by atoms with E-state index in [1.807, 2.05) is 0 Å². The van der Waals surface area contributed by atoms with Gasteiger partial charge >= 0.3 is 12.5 Å². The quantitative estimate of drug-likeness (QED) is 0.810. The minimum Gasteiger partial charge on any atom is -0.404 e. The van der Waals surface area contributed by atoms with Crippen LogP contribution in [0, 0.1) is 0 Å². The highest BCUT2D eigenvalue weighted by Gasteiger charge is 2.40. The second-order valence-electron chi connectivity index (χ2n) is 3.11. The van der Waals surface area contributed by atoms with Gasteiger partial charge in [-0.15, -0.1) is 13.2 Å². The first-order valence-corrected chi connectivity index (χ1v) is 4.36. The van der Waals surface area contributed by atoms with E-state index in [0.717, 1.165) is 0 Å². The van der Waals surface area contributed by atoms with Gasteiger partial charge in [0.2, 0.25) is 0 Å². The number of nitrogens with two attached hydrogens (primary N) is 2. The Hall–Kier alpha value is -1.71. The monoisotopic (exact) mass is 275 g/mol. The first-order valence-electron chi connectivity index (χ1n) is 4.36. The van der Waals surface area contributed by atoms with Gasteiger partial charge in [-0.3, -0.25) is 0 Å². The molecule has 10 heteroatoms. The third-order valence-corrected chi connectivity index (χ3v) is 1.89. The maximum atomic E-state index is 12.6. The van der Waals surface area contributed by atoms with E-state index in [1.165, 1.54) is 0 Å². The predicted octanol–water partition coefficient (Wildman–Crippen LogP) is 2.04. The summed E-state index contributed by atoms with van der Waals surface area (Å²) in [5.74, 6) is -2.08. The van der Waals surface area contributed by atoms with Crippen molar-refractivity contribution < 1.29 is 31.1 Å².